The highest BCUT2D eigenvalue weighted by atomic mass is 32.2. The van der Waals surface area contributed by atoms with E-state index in [0.29, 0.717) is 13.0 Å². The Morgan fingerprint density at radius 1 is 1.44 bits per heavy atom. The molecule has 0 aliphatic rings. The summed E-state index contributed by atoms with van der Waals surface area (Å²) in [5, 5.41) is 8.87. The standard InChI is InChI=1S/C9H20N2O4S/c1-5-6-11(4)16(14,15)10-8(7(2)3)9(12)13/h7-8,10H,5-6H2,1-4H3,(H,12,13)/t8-/m0/s1. The summed E-state index contributed by atoms with van der Waals surface area (Å²) in [6, 6.07) is -1.09. The Hall–Kier alpha value is -0.660. The van der Waals surface area contributed by atoms with Crippen LogP contribution >= 0.6 is 0 Å². The third-order valence-corrected chi connectivity index (χ3v) is 3.71. The van der Waals surface area contributed by atoms with Gasteiger partial charge in [-0.2, -0.15) is 17.4 Å². The molecule has 6 nitrogen and oxygen atoms in total. The maximum atomic E-state index is 11.7. The van der Waals surface area contributed by atoms with Gasteiger partial charge in [-0.25, -0.2) is 0 Å². The molecular weight excluding hydrogens is 232 g/mol. The molecule has 7 heteroatoms. The number of nitrogens with zero attached hydrogens (tertiary/aromatic N) is 1. The first-order valence-electron chi connectivity index (χ1n) is 5.18. The summed E-state index contributed by atoms with van der Waals surface area (Å²) < 4.78 is 26.7. The van der Waals surface area contributed by atoms with Gasteiger partial charge < -0.3 is 5.11 Å². The Labute approximate surface area is 96.8 Å². The largest absolute Gasteiger partial charge is 0.480 e. The van der Waals surface area contributed by atoms with Gasteiger partial charge in [-0.3, -0.25) is 4.79 Å². The second-order valence-corrected chi connectivity index (χ2v) is 5.81. The van der Waals surface area contributed by atoms with Crippen molar-refractivity contribution in [3.8, 4) is 0 Å². The van der Waals surface area contributed by atoms with Crippen molar-refractivity contribution in [2.24, 2.45) is 5.92 Å². The predicted molar refractivity (Wildman–Crippen MR) is 61.2 cm³/mol. The highest BCUT2D eigenvalue weighted by Crippen LogP contribution is 2.05. The number of carbonyl (C=O) groups is 1. The lowest BCUT2D eigenvalue weighted by Gasteiger charge is -2.22. The lowest BCUT2D eigenvalue weighted by atomic mass is 10.1. The molecule has 0 fully saturated rings. The topological polar surface area (TPSA) is 86.7 Å². The summed E-state index contributed by atoms with van der Waals surface area (Å²) in [6.07, 6.45) is 0.677. The molecule has 96 valence electrons. The van der Waals surface area contributed by atoms with Gasteiger partial charge in [0, 0.05) is 13.6 Å². The van der Waals surface area contributed by atoms with Crippen LogP contribution in [0, 0.1) is 5.92 Å². The van der Waals surface area contributed by atoms with Crippen LogP contribution in [0.1, 0.15) is 27.2 Å². The van der Waals surface area contributed by atoms with Crippen LogP contribution in [0.2, 0.25) is 0 Å². The lowest BCUT2D eigenvalue weighted by molar-refractivity contribution is -0.140. The Morgan fingerprint density at radius 2 is 1.94 bits per heavy atom. The summed E-state index contributed by atoms with van der Waals surface area (Å²) in [6.45, 7) is 5.52. The van der Waals surface area contributed by atoms with E-state index in [1.165, 1.54) is 7.05 Å². The second-order valence-electron chi connectivity index (χ2n) is 4.00. The third kappa shape index (κ3) is 4.46. The van der Waals surface area contributed by atoms with Crippen molar-refractivity contribution in [1.82, 2.24) is 9.03 Å². The minimum Gasteiger partial charge on any atom is -0.480 e. The van der Waals surface area contributed by atoms with E-state index in [2.05, 4.69) is 4.72 Å². The van der Waals surface area contributed by atoms with Crippen molar-refractivity contribution >= 4 is 16.2 Å². The molecule has 0 spiro atoms. The van der Waals surface area contributed by atoms with Crippen molar-refractivity contribution in [2.45, 2.75) is 33.2 Å². The molecule has 0 amide bonds. The predicted octanol–water partition coefficient (Wildman–Crippen LogP) is 0.272. The van der Waals surface area contributed by atoms with Crippen molar-refractivity contribution < 1.29 is 18.3 Å². The number of aliphatic carboxylic acids is 1. The van der Waals surface area contributed by atoms with Gasteiger partial charge in [-0.1, -0.05) is 20.8 Å². The summed E-state index contributed by atoms with van der Waals surface area (Å²) in [4.78, 5) is 10.9. The summed E-state index contributed by atoms with van der Waals surface area (Å²) in [7, 11) is -2.29. The van der Waals surface area contributed by atoms with E-state index in [1.54, 1.807) is 13.8 Å². The van der Waals surface area contributed by atoms with Gasteiger partial charge >= 0.3 is 5.97 Å². The SMILES string of the molecule is CCCN(C)S(=O)(=O)N[C@H](C(=O)O)C(C)C. The highest BCUT2D eigenvalue weighted by molar-refractivity contribution is 7.87. The monoisotopic (exact) mass is 252 g/mol. The van der Waals surface area contributed by atoms with E-state index in [1.807, 2.05) is 6.92 Å². The molecule has 0 unspecified atom stereocenters. The maximum absolute atomic E-state index is 11.7. The van der Waals surface area contributed by atoms with E-state index in [0.717, 1.165) is 4.31 Å². The lowest BCUT2D eigenvalue weighted by Crippen LogP contribution is -2.49. The van der Waals surface area contributed by atoms with Crippen LogP contribution in [0.5, 0.6) is 0 Å². The summed E-state index contributed by atoms with van der Waals surface area (Å²) in [5.41, 5.74) is 0. The van der Waals surface area contributed by atoms with Crippen molar-refractivity contribution in [3.05, 3.63) is 0 Å². The molecule has 1 atom stereocenters. The van der Waals surface area contributed by atoms with Gasteiger partial charge in [0.2, 0.25) is 0 Å². The number of hydrogen-bond acceptors (Lipinski definition) is 3. The fourth-order valence-corrected chi connectivity index (χ4v) is 2.45. The highest BCUT2D eigenvalue weighted by Gasteiger charge is 2.28. The molecule has 0 saturated carbocycles. The molecule has 0 saturated heterocycles. The molecule has 0 aliphatic carbocycles. The van der Waals surface area contributed by atoms with Crippen LogP contribution in [-0.4, -0.2) is 43.4 Å². The van der Waals surface area contributed by atoms with Crippen LogP contribution < -0.4 is 4.72 Å². The molecule has 16 heavy (non-hydrogen) atoms. The molecule has 0 aliphatic heterocycles. The first-order valence-corrected chi connectivity index (χ1v) is 6.62. The summed E-state index contributed by atoms with van der Waals surface area (Å²) in [5.74, 6) is -1.47. The van der Waals surface area contributed by atoms with Crippen molar-refractivity contribution in [3.63, 3.8) is 0 Å². The molecule has 0 heterocycles. The molecular formula is C9H20N2O4S. The number of rotatable bonds is 7. The second kappa shape index (κ2) is 6.17. The number of carboxylic acid groups (broad SMARTS) is 1. The van der Waals surface area contributed by atoms with Gasteiger partial charge in [0.05, 0.1) is 0 Å². The zero-order valence-corrected chi connectivity index (χ0v) is 10.9. The Morgan fingerprint density at radius 3 is 2.25 bits per heavy atom. The molecule has 0 aromatic rings. The van der Waals surface area contributed by atoms with E-state index < -0.39 is 22.2 Å². The van der Waals surface area contributed by atoms with Crippen molar-refractivity contribution in [1.29, 1.82) is 0 Å². The van der Waals surface area contributed by atoms with Crippen LogP contribution in [-0.2, 0) is 15.0 Å². The van der Waals surface area contributed by atoms with Gasteiger partial charge in [-0.15, -0.1) is 0 Å². The molecule has 0 bridgehead atoms. The molecule has 0 aromatic carbocycles. The molecule has 2 N–H and O–H groups in total. The number of hydrogen-bond donors (Lipinski definition) is 2. The van der Waals surface area contributed by atoms with Crippen molar-refractivity contribution in [2.75, 3.05) is 13.6 Å². The van der Waals surface area contributed by atoms with Crippen LogP contribution in [0.15, 0.2) is 0 Å². The van der Waals surface area contributed by atoms with Crippen LogP contribution in [0.25, 0.3) is 0 Å². The quantitative estimate of drug-likeness (QED) is 0.681. The average Bonchev–Trinajstić information content (AvgIpc) is 2.13. The fourth-order valence-electron chi connectivity index (χ4n) is 1.16. The van der Waals surface area contributed by atoms with E-state index in [4.69, 9.17) is 5.11 Å². The molecule has 0 aromatic heterocycles. The molecule has 0 radical (unpaired) electrons. The minimum absolute atomic E-state index is 0.303. The van der Waals surface area contributed by atoms with Crippen LogP contribution in [0.3, 0.4) is 0 Å². The fraction of sp³-hybridized carbons (Fsp3) is 0.889. The third-order valence-electron chi connectivity index (χ3n) is 2.16. The van der Waals surface area contributed by atoms with E-state index in [-0.39, 0.29) is 5.92 Å². The van der Waals surface area contributed by atoms with Gasteiger partial charge in [0.15, 0.2) is 0 Å². The molecule has 0 rings (SSSR count). The normalized spacial score (nSPS) is 14.4. The smallest absolute Gasteiger partial charge is 0.322 e. The Bertz CT molecular complexity index is 326. The zero-order valence-electron chi connectivity index (χ0n) is 10.1. The van der Waals surface area contributed by atoms with Gasteiger partial charge in [0.1, 0.15) is 6.04 Å². The Balaban J connectivity index is 4.73. The summed E-state index contributed by atoms with van der Waals surface area (Å²) >= 11 is 0. The maximum Gasteiger partial charge on any atom is 0.322 e. The number of nitrogens with one attached hydrogen (secondary N) is 1. The Kier molecular flexibility index (Phi) is 5.91. The minimum atomic E-state index is -3.71. The first-order chi connectivity index (χ1) is 7.22. The van der Waals surface area contributed by atoms with Gasteiger partial charge in [0.25, 0.3) is 10.2 Å². The van der Waals surface area contributed by atoms with E-state index in [9.17, 15) is 13.2 Å². The average molecular weight is 252 g/mol. The van der Waals surface area contributed by atoms with Crippen LogP contribution in [0.4, 0.5) is 0 Å². The zero-order chi connectivity index (χ0) is 12.9. The van der Waals surface area contributed by atoms with Gasteiger partial charge in [-0.05, 0) is 12.3 Å². The first kappa shape index (κ1) is 15.3. The van der Waals surface area contributed by atoms with E-state index >= 15 is 0 Å². The number of carboxylic acids is 1.